The highest BCUT2D eigenvalue weighted by atomic mass is 35.5. The molecule has 0 saturated carbocycles. The molecule has 8 heteroatoms. The van der Waals surface area contributed by atoms with Crippen LogP contribution in [0.4, 0.5) is 0 Å². The van der Waals surface area contributed by atoms with Gasteiger partial charge in [-0.1, -0.05) is 65.3 Å². The first-order valence-electron chi connectivity index (χ1n) is 9.20. The van der Waals surface area contributed by atoms with E-state index in [9.17, 15) is 13.2 Å². The Kier molecular flexibility index (Phi) is 5.43. The van der Waals surface area contributed by atoms with Gasteiger partial charge in [-0.25, -0.2) is 8.42 Å². The van der Waals surface area contributed by atoms with Crippen LogP contribution in [-0.4, -0.2) is 41.9 Å². The smallest absolute Gasteiger partial charge is 0.276 e. The number of nitrogens with zero attached hydrogens (tertiary/aromatic N) is 2. The third-order valence-corrected chi connectivity index (χ3v) is 7.12. The van der Waals surface area contributed by atoms with Gasteiger partial charge < -0.3 is 9.42 Å². The van der Waals surface area contributed by atoms with Gasteiger partial charge in [-0.2, -0.15) is 0 Å². The molecular weight excluding hydrogens is 412 g/mol. The number of hydrogen-bond donors (Lipinski definition) is 0. The highest BCUT2D eigenvalue weighted by Crippen LogP contribution is 2.26. The monoisotopic (exact) mass is 430 g/mol. The molecule has 1 amide bonds. The largest absolute Gasteiger partial charge is 0.355 e. The zero-order valence-corrected chi connectivity index (χ0v) is 17.1. The van der Waals surface area contributed by atoms with Crippen LogP contribution in [0.2, 0.25) is 5.02 Å². The zero-order valence-electron chi connectivity index (χ0n) is 15.5. The minimum atomic E-state index is -3.17. The quantitative estimate of drug-likeness (QED) is 0.614. The van der Waals surface area contributed by atoms with Crippen molar-refractivity contribution in [2.24, 2.45) is 0 Å². The topological polar surface area (TPSA) is 80.5 Å². The van der Waals surface area contributed by atoms with E-state index in [4.69, 9.17) is 16.1 Å². The zero-order chi connectivity index (χ0) is 20.4. The molecule has 1 saturated heterocycles. The highest BCUT2D eigenvalue weighted by molar-refractivity contribution is 7.91. The molecule has 2 heterocycles. The average molecular weight is 431 g/mol. The maximum Gasteiger partial charge on any atom is 0.276 e. The van der Waals surface area contributed by atoms with Crippen LogP contribution in [0.1, 0.15) is 22.5 Å². The summed E-state index contributed by atoms with van der Waals surface area (Å²) in [5, 5.41) is 4.46. The number of rotatable bonds is 5. The molecule has 0 bridgehead atoms. The summed E-state index contributed by atoms with van der Waals surface area (Å²) >= 11 is 6.28. The van der Waals surface area contributed by atoms with E-state index in [1.54, 1.807) is 17.0 Å². The van der Waals surface area contributed by atoms with Crippen LogP contribution in [0.15, 0.2) is 65.2 Å². The Hall–Kier alpha value is -2.64. The molecule has 2 aromatic carbocycles. The first kappa shape index (κ1) is 19.7. The summed E-state index contributed by atoms with van der Waals surface area (Å²) in [7, 11) is -3.17. The first-order valence-corrected chi connectivity index (χ1v) is 11.4. The van der Waals surface area contributed by atoms with Crippen LogP contribution in [-0.2, 0) is 16.4 Å². The fourth-order valence-electron chi connectivity index (χ4n) is 3.46. The molecule has 1 atom stereocenters. The Bertz CT molecular complexity index is 1130. The van der Waals surface area contributed by atoms with Crippen LogP contribution in [0.5, 0.6) is 0 Å². The van der Waals surface area contributed by atoms with Gasteiger partial charge >= 0.3 is 0 Å². The lowest BCUT2D eigenvalue weighted by atomic mass is 10.1. The molecule has 0 unspecified atom stereocenters. The van der Waals surface area contributed by atoms with Crippen molar-refractivity contribution in [1.82, 2.24) is 10.1 Å². The standard InChI is InChI=1S/C21H19ClN2O4S/c22-18-9-5-4-8-16(18)13-24(17-10-11-29(26,27)14-17)21(25)19-12-20(28-23-19)15-6-2-1-3-7-15/h1-9,12,17H,10-11,13-14H2/t17-/m0/s1. The van der Waals surface area contributed by atoms with Gasteiger partial charge in [-0.15, -0.1) is 0 Å². The Morgan fingerprint density at radius 2 is 1.86 bits per heavy atom. The summed E-state index contributed by atoms with van der Waals surface area (Å²) in [5.41, 5.74) is 1.69. The summed E-state index contributed by atoms with van der Waals surface area (Å²) in [5.74, 6) is 0.105. The third kappa shape index (κ3) is 4.36. The molecule has 1 fully saturated rings. The maximum absolute atomic E-state index is 13.3. The Labute approximate surface area is 174 Å². The van der Waals surface area contributed by atoms with Gasteiger partial charge in [0.1, 0.15) is 0 Å². The molecule has 4 rings (SSSR count). The van der Waals surface area contributed by atoms with Crippen molar-refractivity contribution in [3.63, 3.8) is 0 Å². The van der Waals surface area contributed by atoms with Gasteiger partial charge in [-0.3, -0.25) is 4.79 Å². The van der Waals surface area contributed by atoms with Gasteiger partial charge in [0.05, 0.1) is 11.5 Å². The highest BCUT2D eigenvalue weighted by Gasteiger charge is 2.36. The molecule has 6 nitrogen and oxygen atoms in total. The number of hydrogen-bond acceptors (Lipinski definition) is 5. The van der Waals surface area contributed by atoms with Crippen molar-refractivity contribution in [2.45, 2.75) is 19.0 Å². The number of carbonyl (C=O) groups excluding carboxylic acids is 1. The summed E-state index contributed by atoms with van der Waals surface area (Å²) in [4.78, 5) is 14.8. The van der Waals surface area contributed by atoms with Crippen molar-refractivity contribution >= 4 is 27.3 Å². The normalized spacial score (nSPS) is 17.9. The van der Waals surface area contributed by atoms with E-state index in [1.165, 1.54) is 0 Å². The Morgan fingerprint density at radius 1 is 1.14 bits per heavy atom. The molecule has 3 aromatic rings. The van der Waals surface area contributed by atoms with E-state index < -0.39 is 15.9 Å². The number of sulfone groups is 1. The van der Waals surface area contributed by atoms with Crippen molar-refractivity contribution < 1.29 is 17.7 Å². The lowest BCUT2D eigenvalue weighted by Crippen LogP contribution is -2.40. The summed E-state index contributed by atoms with van der Waals surface area (Å²) in [6.45, 7) is 0.201. The van der Waals surface area contributed by atoms with E-state index >= 15 is 0 Å². The van der Waals surface area contributed by atoms with Crippen molar-refractivity contribution in [1.29, 1.82) is 0 Å². The molecule has 0 N–H and O–H groups in total. The first-order chi connectivity index (χ1) is 13.9. The van der Waals surface area contributed by atoms with Crippen molar-refractivity contribution in [2.75, 3.05) is 11.5 Å². The molecule has 0 radical (unpaired) electrons. The van der Waals surface area contributed by atoms with E-state index in [1.807, 2.05) is 48.5 Å². The number of amides is 1. The van der Waals surface area contributed by atoms with Gasteiger partial charge in [0, 0.05) is 29.2 Å². The van der Waals surface area contributed by atoms with E-state index in [-0.39, 0.29) is 29.7 Å². The lowest BCUT2D eigenvalue weighted by Gasteiger charge is -2.28. The van der Waals surface area contributed by atoms with Crippen LogP contribution in [0, 0.1) is 0 Å². The number of aromatic nitrogens is 1. The van der Waals surface area contributed by atoms with Gasteiger partial charge in [0.25, 0.3) is 5.91 Å². The SMILES string of the molecule is O=C(c1cc(-c2ccccc2)on1)N(Cc1ccccc1Cl)[C@H]1CCS(=O)(=O)C1. The molecule has 1 aliphatic heterocycles. The predicted molar refractivity (Wildman–Crippen MR) is 110 cm³/mol. The summed E-state index contributed by atoms with van der Waals surface area (Å²) in [6.07, 6.45) is 0.391. The van der Waals surface area contributed by atoms with E-state index in [0.29, 0.717) is 17.2 Å². The molecular formula is C21H19ClN2O4S. The van der Waals surface area contributed by atoms with Crippen molar-refractivity contribution in [3.05, 3.63) is 76.9 Å². The van der Waals surface area contributed by atoms with Crippen LogP contribution >= 0.6 is 11.6 Å². The third-order valence-electron chi connectivity index (χ3n) is 5.00. The predicted octanol–water partition coefficient (Wildman–Crippen LogP) is 3.82. The molecule has 29 heavy (non-hydrogen) atoms. The molecule has 0 spiro atoms. The number of carbonyl (C=O) groups is 1. The van der Waals surface area contributed by atoms with Crippen molar-refractivity contribution in [3.8, 4) is 11.3 Å². The van der Waals surface area contributed by atoms with E-state index in [0.717, 1.165) is 11.1 Å². The lowest BCUT2D eigenvalue weighted by molar-refractivity contribution is 0.0670. The van der Waals surface area contributed by atoms with Crippen LogP contribution < -0.4 is 0 Å². The minimum Gasteiger partial charge on any atom is -0.355 e. The second-order valence-corrected chi connectivity index (χ2v) is 9.66. The molecule has 0 aliphatic carbocycles. The van der Waals surface area contributed by atoms with Crippen LogP contribution in [0.25, 0.3) is 11.3 Å². The fourth-order valence-corrected chi connectivity index (χ4v) is 5.39. The second-order valence-electron chi connectivity index (χ2n) is 7.02. The summed E-state index contributed by atoms with van der Waals surface area (Å²) < 4.78 is 29.4. The molecule has 1 aliphatic rings. The van der Waals surface area contributed by atoms with Crippen LogP contribution in [0.3, 0.4) is 0 Å². The van der Waals surface area contributed by atoms with Gasteiger partial charge in [0.2, 0.25) is 0 Å². The molecule has 150 valence electrons. The fraction of sp³-hybridized carbons (Fsp3) is 0.238. The van der Waals surface area contributed by atoms with Gasteiger partial charge in [0.15, 0.2) is 21.3 Å². The number of halogens is 1. The summed E-state index contributed by atoms with van der Waals surface area (Å²) in [6, 6.07) is 17.7. The molecule has 1 aromatic heterocycles. The number of benzene rings is 2. The Balaban J connectivity index is 1.64. The van der Waals surface area contributed by atoms with Gasteiger partial charge in [-0.05, 0) is 18.1 Å². The average Bonchev–Trinajstić information content (AvgIpc) is 3.34. The minimum absolute atomic E-state index is 0.0629. The van der Waals surface area contributed by atoms with E-state index in [2.05, 4.69) is 5.16 Å². The maximum atomic E-state index is 13.3. The Morgan fingerprint density at radius 3 is 2.55 bits per heavy atom. The second kappa shape index (κ2) is 8.00.